The van der Waals surface area contributed by atoms with Gasteiger partial charge in [0, 0.05) is 0 Å². The second kappa shape index (κ2) is 3.96. The summed E-state index contributed by atoms with van der Waals surface area (Å²) < 4.78 is 0. The molecule has 0 aromatic heterocycles. The third-order valence-corrected chi connectivity index (χ3v) is 2.35. The van der Waals surface area contributed by atoms with Crippen molar-refractivity contribution < 1.29 is 14.7 Å². The van der Waals surface area contributed by atoms with Crippen LogP contribution in [-0.2, 0) is 9.59 Å². The van der Waals surface area contributed by atoms with E-state index in [4.69, 9.17) is 5.11 Å². The lowest BCUT2D eigenvalue weighted by atomic mass is 10.1. The van der Waals surface area contributed by atoms with Crippen molar-refractivity contribution in [1.29, 1.82) is 0 Å². The van der Waals surface area contributed by atoms with E-state index in [1.54, 1.807) is 0 Å². The van der Waals surface area contributed by atoms with Crippen LogP contribution in [0.1, 0.15) is 26.7 Å². The summed E-state index contributed by atoms with van der Waals surface area (Å²) in [6.45, 7) is 3.77. The van der Waals surface area contributed by atoms with E-state index in [0.29, 0.717) is 0 Å². The summed E-state index contributed by atoms with van der Waals surface area (Å²) in [6.07, 6.45) is 1.74. The predicted molar refractivity (Wildman–Crippen MR) is 50.9 cm³/mol. The predicted octanol–water partition coefficient (Wildman–Crippen LogP) is -0.282. The molecule has 0 aromatic carbocycles. The standard InChI is InChI=1S/C9H16N2O3/c1-9(2,8(13)14)11-7(12)6-4-3-5-10-6/h6,10H,3-5H2,1-2H3,(H,11,12)(H,13,14)/t6-/m1/s1. The zero-order valence-corrected chi connectivity index (χ0v) is 8.46. The van der Waals surface area contributed by atoms with E-state index in [9.17, 15) is 9.59 Å². The summed E-state index contributed by atoms with van der Waals surface area (Å²) in [5.74, 6) is -1.25. The maximum absolute atomic E-state index is 11.5. The molecule has 1 amide bonds. The Balaban J connectivity index is 2.51. The number of carbonyl (C=O) groups excluding carboxylic acids is 1. The van der Waals surface area contributed by atoms with E-state index in [-0.39, 0.29) is 11.9 Å². The number of amides is 1. The van der Waals surface area contributed by atoms with Crippen LogP contribution in [0.15, 0.2) is 0 Å². The quantitative estimate of drug-likeness (QED) is 0.585. The Morgan fingerprint density at radius 2 is 2.14 bits per heavy atom. The third kappa shape index (κ3) is 2.45. The second-order valence-electron chi connectivity index (χ2n) is 4.07. The molecule has 14 heavy (non-hydrogen) atoms. The van der Waals surface area contributed by atoms with Crippen molar-refractivity contribution in [2.75, 3.05) is 6.54 Å². The molecular formula is C9H16N2O3. The van der Waals surface area contributed by atoms with Crippen LogP contribution in [0.4, 0.5) is 0 Å². The molecule has 1 atom stereocenters. The van der Waals surface area contributed by atoms with Crippen molar-refractivity contribution in [3.63, 3.8) is 0 Å². The Morgan fingerprint density at radius 1 is 1.50 bits per heavy atom. The van der Waals surface area contributed by atoms with Gasteiger partial charge in [-0.15, -0.1) is 0 Å². The number of carboxylic acid groups (broad SMARTS) is 1. The molecular weight excluding hydrogens is 184 g/mol. The van der Waals surface area contributed by atoms with Crippen molar-refractivity contribution in [2.24, 2.45) is 0 Å². The zero-order chi connectivity index (χ0) is 10.8. The first kappa shape index (κ1) is 11.0. The number of carbonyl (C=O) groups is 2. The molecule has 80 valence electrons. The van der Waals surface area contributed by atoms with Gasteiger partial charge in [0.1, 0.15) is 5.54 Å². The fourth-order valence-corrected chi connectivity index (χ4v) is 1.36. The van der Waals surface area contributed by atoms with Crippen LogP contribution in [0.2, 0.25) is 0 Å². The number of carboxylic acids is 1. The molecule has 1 aliphatic heterocycles. The molecule has 0 aromatic rings. The van der Waals surface area contributed by atoms with Gasteiger partial charge in [-0.05, 0) is 33.2 Å². The molecule has 1 rings (SSSR count). The van der Waals surface area contributed by atoms with Crippen molar-refractivity contribution in [3.8, 4) is 0 Å². The van der Waals surface area contributed by atoms with E-state index in [0.717, 1.165) is 19.4 Å². The summed E-state index contributed by atoms with van der Waals surface area (Å²) in [7, 11) is 0. The number of hydrogen-bond donors (Lipinski definition) is 3. The molecule has 1 saturated heterocycles. The van der Waals surface area contributed by atoms with Crippen molar-refractivity contribution in [1.82, 2.24) is 10.6 Å². The molecule has 0 aliphatic carbocycles. The Kier molecular flexibility index (Phi) is 3.10. The summed E-state index contributed by atoms with van der Waals surface area (Å²) in [6, 6.07) is -0.228. The largest absolute Gasteiger partial charge is 0.480 e. The van der Waals surface area contributed by atoms with Gasteiger partial charge in [0.15, 0.2) is 0 Å². The van der Waals surface area contributed by atoms with Crippen LogP contribution in [0.3, 0.4) is 0 Å². The van der Waals surface area contributed by atoms with Crippen molar-refractivity contribution >= 4 is 11.9 Å². The average Bonchev–Trinajstić information content (AvgIpc) is 2.54. The van der Waals surface area contributed by atoms with E-state index >= 15 is 0 Å². The molecule has 0 unspecified atom stereocenters. The van der Waals surface area contributed by atoms with Crippen LogP contribution in [0.5, 0.6) is 0 Å². The van der Waals surface area contributed by atoms with Gasteiger partial charge in [-0.1, -0.05) is 0 Å². The van der Waals surface area contributed by atoms with Gasteiger partial charge in [-0.25, -0.2) is 4.79 Å². The first-order valence-corrected chi connectivity index (χ1v) is 4.72. The van der Waals surface area contributed by atoms with E-state index in [1.807, 2.05) is 0 Å². The number of aliphatic carboxylic acids is 1. The average molecular weight is 200 g/mol. The summed E-state index contributed by atoms with van der Waals surface area (Å²) >= 11 is 0. The van der Waals surface area contributed by atoms with Crippen molar-refractivity contribution in [2.45, 2.75) is 38.3 Å². The van der Waals surface area contributed by atoms with E-state index in [1.165, 1.54) is 13.8 Å². The van der Waals surface area contributed by atoms with Crippen LogP contribution >= 0.6 is 0 Å². The maximum atomic E-state index is 11.5. The minimum atomic E-state index is -1.19. The lowest BCUT2D eigenvalue weighted by Gasteiger charge is -2.23. The lowest BCUT2D eigenvalue weighted by molar-refractivity contribution is -0.146. The number of rotatable bonds is 3. The molecule has 0 saturated carbocycles. The van der Waals surface area contributed by atoms with Gasteiger partial charge in [0.2, 0.25) is 5.91 Å². The zero-order valence-electron chi connectivity index (χ0n) is 8.46. The smallest absolute Gasteiger partial charge is 0.328 e. The van der Waals surface area contributed by atoms with E-state index < -0.39 is 11.5 Å². The monoisotopic (exact) mass is 200 g/mol. The molecule has 5 nitrogen and oxygen atoms in total. The molecule has 0 radical (unpaired) electrons. The minimum absolute atomic E-state index is 0.227. The van der Waals surface area contributed by atoms with Gasteiger partial charge in [0.25, 0.3) is 0 Å². The number of nitrogens with one attached hydrogen (secondary N) is 2. The van der Waals surface area contributed by atoms with Crippen LogP contribution in [0, 0.1) is 0 Å². The molecule has 1 aliphatic rings. The Morgan fingerprint density at radius 3 is 2.57 bits per heavy atom. The lowest BCUT2D eigenvalue weighted by Crippen LogP contribution is -2.54. The van der Waals surface area contributed by atoms with Crippen molar-refractivity contribution in [3.05, 3.63) is 0 Å². The molecule has 0 bridgehead atoms. The number of hydrogen-bond acceptors (Lipinski definition) is 3. The highest BCUT2D eigenvalue weighted by atomic mass is 16.4. The Bertz CT molecular complexity index is 244. The highest BCUT2D eigenvalue weighted by Crippen LogP contribution is 2.08. The maximum Gasteiger partial charge on any atom is 0.328 e. The van der Waals surface area contributed by atoms with Crippen LogP contribution in [-0.4, -0.2) is 35.1 Å². The summed E-state index contributed by atoms with van der Waals surface area (Å²) in [5, 5.41) is 14.3. The van der Waals surface area contributed by atoms with Gasteiger partial charge in [-0.3, -0.25) is 4.79 Å². The first-order chi connectivity index (χ1) is 6.43. The second-order valence-corrected chi connectivity index (χ2v) is 4.07. The normalized spacial score (nSPS) is 22.0. The summed E-state index contributed by atoms with van der Waals surface area (Å²) in [5.41, 5.74) is -1.19. The van der Waals surface area contributed by atoms with Gasteiger partial charge < -0.3 is 15.7 Å². The fraction of sp³-hybridized carbons (Fsp3) is 0.778. The molecule has 5 heteroatoms. The van der Waals surface area contributed by atoms with Gasteiger partial charge in [0.05, 0.1) is 6.04 Å². The van der Waals surface area contributed by atoms with E-state index in [2.05, 4.69) is 10.6 Å². The molecule has 1 fully saturated rings. The van der Waals surface area contributed by atoms with Crippen LogP contribution < -0.4 is 10.6 Å². The highest BCUT2D eigenvalue weighted by molar-refractivity contribution is 5.89. The Hall–Kier alpha value is -1.10. The highest BCUT2D eigenvalue weighted by Gasteiger charge is 2.32. The molecule has 0 spiro atoms. The fourth-order valence-electron chi connectivity index (χ4n) is 1.36. The third-order valence-electron chi connectivity index (χ3n) is 2.35. The van der Waals surface area contributed by atoms with Gasteiger partial charge in [-0.2, -0.15) is 0 Å². The van der Waals surface area contributed by atoms with Gasteiger partial charge >= 0.3 is 5.97 Å². The SMILES string of the molecule is CC(C)(NC(=O)[C@H]1CCCN1)C(=O)O. The summed E-state index contributed by atoms with van der Waals surface area (Å²) in [4.78, 5) is 22.3. The topological polar surface area (TPSA) is 78.4 Å². The molecule has 3 N–H and O–H groups in total. The van der Waals surface area contributed by atoms with Crippen LogP contribution in [0.25, 0.3) is 0 Å². The first-order valence-electron chi connectivity index (χ1n) is 4.72. The minimum Gasteiger partial charge on any atom is -0.480 e. The molecule has 1 heterocycles. The Labute approximate surface area is 82.9 Å².